The van der Waals surface area contributed by atoms with Gasteiger partial charge in [-0.25, -0.2) is 0 Å². The molecule has 1 fully saturated rings. The number of likely N-dealkylation sites (tertiary alicyclic amines) is 1. The van der Waals surface area contributed by atoms with Crippen molar-refractivity contribution in [1.29, 1.82) is 0 Å². The molecule has 1 amide bonds. The summed E-state index contributed by atoms with van der Waals surface area (Å²) in [5.74, 6) is 0.486. The Balaban J connectivity index is 1.34. The Kier molecular flexibility index (Phi) is 5.15. The molecule has 31 heavy (non-hydrogen) atoms. The lowest BCUT2D eigenvalue weighted by Gasteiger charge is -2.43. The van der Waals surface area contributed by atoms with Crippen molar-refractivity contribution >= 4 is 5.91 Å². The number of nitrogens with zero attached hydrogens (tertiary/aromatic N) is 5. The number of hydrogen-bond donors (Lipinski definition) is 0. The summed E-state index contributed by atoms with van der Waals surface area (Å²) in [4.78, 5) is 34.2. The first-order valence-corrected chi connectivity index (χ1v) is 10.6. The number of piperidine rings is 1. The van der Waals surface area contributed by atoms with Crippen LogP contribution in [0.25, 0.3) is 0 Å². The van der Waals surface area contributed by atoms with Crippen molar-refractivity contribution in [3.63, 3.8) is 0 Å². The number of amides is 1. The van der Waals surface area contributed by atoms with E-state index >= 15 is 0 Å². The van der Waals surface area contributed by atoms with E-state index < -0.39 is 0 Å². The molecule has 0 aliphatic carbocycles. The van der Waals surface area contributed by atoms with Gasteiger partial charge in [0.25, 0.3) is 11.5 Å². The van der Waals surface area contributed by atoms with Crippen LogP contribution in [0.15, 0.2) is 58.3 Å². The fraction of sp³-hybridized carbons (Fsp3) is 0.391. The first-order chi connectivity index (χ1) is 15.1. The molecule has 0 spiro atoms. The van der Waals surface area contributed by atoms with E-state index in [-0.39, 0.29) is 23.3 Å². The van der Waals surface area contributed by atoms with Crippen LogP contribution in [0, 0.1) is 5.92 Å². The average molecular weight is 419 g/mol. The van der Waals surface area contributed by atoms with Crippen molar-refractivity contribution in [2.75, 3.05) is 20.1 Å². The van der Waals surface area contributed by atoms with Crippen molar-refractivity contribution in [3.05, 3.63) is 81.9 Å². The molecule has 8 nitrogen and oxygen atoms in total. The van der Waals surface area contributed by atoms with Crippen molar-refractivity contribution in [2.45, 2.75) is 32.0 Å². The maximum absolute atomic E-state index is 13.2. The third-order valence-electron chi connectivity index (χ3n) is 6.24. The molecule has 2 atom stereocenters. The van der Waals surface area contributed by atoms with Crippen LogP contribution in [0.4, 0.5) is 0 Å². The average Bonchev–Trinajstić information content (AvgIpc) is 3.29. The maximum atomic E-state index is 13.2. The normalized spacial score (nSPS) is 20.0. The third kappa shape index (κ3) is 3.90. The number of rotatable bonds is 5. The second-order valence-corrected chi connectivity index (χ2v) is 8.61. The highest BCUT2D eigenvalue weighted by Crippen LogP contribution is 2.35. The zero-order chi connectivity index (χ0) is 21.4. The number of pyridine rings is 2. The first-order valence-electron chi connectivity index (χ1n) is 10.6. The Labute approximate surface area is 180 Å². The lowest BCUT2D eigenvalue weighted by atomic mass is 9.82. The molecule has 5 rings (SSSR count). The lowest BCUT2D eigenvalue weighted by Crippen LogP contribution is -2.49. The van der Waals surface area contributed by atoms with Crippen LogP contribution in [0.5, 0.6) is 0 Å². The summed E-state index contributed by atoms with van der Waals surface area (Å²) in [6.45, 7) is 3.13. The van der Waals surface area contributed by atoms with E-state index in [0.29, 0.717) is 38.3 Å². The first kappa shape index (κ1) is 19.7. The van der Waals surface area contributed by atoms with Crippen LogP contribution in [-0.2, 0) is 19.6 Å². The van der Waals surface area contributed by atoms with Gasteiger partial charge in [0.2, 0.25) is 0 Å². The van der Waals surface area contributed by atoms with Gasteiger partial charge in [-0.2, -0.15) is 0 Å². The summed E-state index contributed by atoms with van der Waals surface area (Å²) in [7, 11) is 1.97. The van der Waals surface area contributed by atoms with Crippen LogP contribution in [0.1, 0.15) is 39.6 Å². The summed E-state index contributed by atoms with van der Waals surface area (Å²) >= 11 is 0. The molecule has 0 unspecified atom stereocenters. The second-order valence-electron chi connectivity index (χ2n) is 8.61. The van der Waals surface area contributed by atoms with Gasteiger partial charge in [0.15, 0.2) is 0 Å². The van der Waals surface area contributed by atoms with Gasteiger partial charge in [0, 0.05) is 68.4 Å². The highest BCUT2D eigenvalue weighted by atomic mass is 16.5. The van der Waals surface area contributed by atoms with Crippen molar-refractivity contribution < 1.29 is 9.32 Å². The minimum atomic E-state index is 0.0182. The molecule has 0 radical (unpaired) electrons. The monoisotopic (exact) mass is 419 g/mol. The van der Waals surface area contributed by atoms with Crippen LogP contribution < -0.4 is 5.56 Å². The van der Waals surface area contributed by atoms with Crippen LogP contribution in [-0.4, -0.2) is 50.6 Å². The molecule has 5 heterocycles. The highest BCUT2D eigenvalue weighted by Gasteiger charge is 2.37. The molecule has 0 N–H and O–H groups in total. The number of aromatic nitrogens is 3. The summed E-state index contributed by atoms with van der Waals surface area (Å²) in [6.07, 6.45) is 5.86. The molecule has 3 aromatic rings. The van der Waals surface area contributed by atoms with Gasteiger partial charge in [0.05, 0.1) is 11.3 Å². The molecule has 2 bridgehead atoms. The Morgan fingerprint density at radius 3 is 2.87 bits per heavy atom. The fourth-order valence-corrected chi connectivity index (χ4v) is 4.89. The fourth-order valence-electron chi connectivity index (χ4n) is 4.89. The predicted molar refractivity (Wildman–Crippen MR) is 113 cm³/mol. The van der Waals surface area contributed by atoms with Crippen molar-refractivity contribution in [2.24, 2.45) is 5.92 Å². The molecule has 0 saturated carbocycles. The van der Waals surface area contributed by atoms with Crippen LogP contribution in [0.3, 0.4) is 0 Å². The number of carbonyl (C=O) groups is 1. The van der Waals surface area contributed by atoms with E-state index in [1.807, 2.05) is 28.6 Å². The minimum absolute atomic E-state index is 0.0182. The SMILES string of the molecule is CN(Cc1ccon1)Cc1ccc2n(c1=O)C[C@H]1C[C@@H]2CN(C(=O)c2cccnc2)C1. The number of hydrogen-bond acceptors (Lipinski definition) is 6. The summed E-state index contributed by atoms with van der Waals surface area (Å²) in [5, 5.41) is 3.94. The van der Waals surface area contributed by atoms with Gasteiger partial charge < -0.3 is 14.0 Å². The zero-order valence-electron chi connectivity index (χ0n) is 17.5. The molecule has 8 heteroatoms. The Hall–Kier alpha value is -3.26. The third-order valence-corrected chi connectivity index (χ3v) is 6.24. The molecule has 2 aliphatic rings. The van der Waals surface area contributed by atoms with Gasteiger partial charge >= 0.3 is 0 Å². The largest absolute Gasteiger partial charge is 0.364 e. The molecule has 0 aromatic carbocycles. The molecule has 160 valence electrons. The molecule has 2 aliphatic heterocycles. The van der Waals surface area contributed by atoms with E-state index in [4.69, 9.17) is 4.52 Å². The Morgan fingerprint density at radius 1 is 1.19 bits per heavy atom. The summed E-state index contributed by atoms with van der Waals surface area (Å²) < 4.78 is 6.82. The quantitative estimate of drug-likeness (QED) is 0.630. The predicted octanol–water partition coefficient (Wildman–Crippen LogP) is 2.12. The minimum Gasteiger partial charge on any atom is -0.364 e. The van der Waals surface area contributed by atoms with Gasteiger partial charge in [-0.15, -0.1) is 0 Å². The van der Waals surface area contributed by atoms with E-state index in [9.17, 15) is 9.59 Å². The Morgan fingerprint density at radius 2 is 2.10 bits per heavy atom. The zero-order valence-corrected chi connectivity index (χ0v) is 17.5. The van der Waals surface area contributed by atoms with E-state index in [0.717, 1.165) is 23.4 Å². The molecule has 1 saturated heterocycles. The molecular formula is C23H25N5O3. The Bertz CT molecular complexity index is 1130. The number of fused-ring (bicyclic) bond motifs is 4. The van der Waals surface area contributed by atoms with Gasteiger partial charge in [-0.3, -0.25) is 19.5 Å². The molecular weight excluding hydrogens is 394 g/mol. The highest BCUT2D eigenvalue weighted by molar-refractivity contribution is 5.94. The van der Waals surface area contributed by atoms with Gasteiger partial charge in [0.1, 0.15) is 6.26 Å². The van der Waals surface area contributed by atoms with E-state index in [1.165, 1.54) is 0 Å². The molecule has 3 aromatic heterocycles. The van der Waals surface area contributed by atoms with Crippen molar-refractivity contribution in [3.8, 4) is 0 Å². The van der Waals surface area contributed by atoms with Crippen LogP contribution in [0.2, 0.25) is 0 Å². The standard InChI is InChI=1S/C23H25N5O3/c1-26(15-20-6-8-31-25-20)13-18-4-5-21-19-9-16(12-28(21)23(18)30)11-27(14-19)22(29)17-3-2-7-24-10-17/h2-8,10,16,19H,9,11-15H2,1H3/t16-,19+/m0/s1. The lowest BCUT2D eigenvalue weighted by molar-refractivity contribution is 0.0593. The van der Waals surface area contributed by atoms with Crippen LogP contribution >= 0.6 is 0 Å². The summed E-state index contributed by atoms with van der Waals surface area (Å²) in [5.41, 5.74) is 3.34. The van der Waals surface area contributed by atoms with Gasteiger partial charge in [-0.05, 0) is 37.6 Å². The topological polar surface area (TPSA) is 84.5 Å². The van der Waals surface area contributed by atoms with E-state index in [2.05, 4.69) is 21.1 Å². The summed E-state index contributed by atoms with van der Waals surface area (Å²) in [6, 6.07) is 9.43. The second kappa shape index (κ2) is 8.11. The number of carbonyl (C=O) groups excluding carboxylic acids is 1. The van der Waals surface area contributed by atoms with Gasteiger partial charge in [-0.1, -0.05) is 11.2 Å². The smallest absolute Gasteiger partial charge is 0.255 e. The van der Waals surface area contributed by atoms with E-state index in [1.54, 1.807) is 30.8 Å². The van der Waals surface area contributed by atoms with Crippen molar-refractivity contribution in [1.82, 2.24) is 24.5 Å². The maximum Gasteiger partial charge on any atom is 0.255 e.